The second kappa shape index (κ2) is 5.10. The van der Waals surface area contributed by atoms with Gasteiger partial charge in [0.05, 0.1) is 11.5 Å². The van der Waals surface area contributed by atoms with Gasteiger partial charge < -0.3 is 5.73 Å². The van der Waals surface area contributed by atoms with E-state index in [2.05, 4.69) is 0 Å². The SMILES string of the molecule is NC(=O)c1ccc(CC2CCCS(=O)(=O)C2)cc1. The molecule has 0 bridgehead atoms. The molecule has 1 fully saturated rings. The molecule has 1 aromatic rings. The van der Waals surface area contributed by atoms with E-state index in [0.29, 0.717) is 11.3 Å². The first-order valence-electron chi connectivity index (χ1n) is 6.05. The summed E-state index contributed by atoms with van der Waals surface area (Å²) in [6.45, 7) is 0. The van der Waals surface area contributed by atoms with Crippen molar-refractivity contribution in [3.05, 3.63) is 35.4 Å². The van der Waals surface area contributed by atoms with Crippen LogP contribution in [0.15, 0.2) is 24.3 Å². The fraction of sp³-hybridized carbons (Fsp3) is 0.462. The molecule has 1 aliphatic heterocycles. The molecule has 0 aliphatic carbocycles. The number of rotatable bonds is 3. The van der Waals surface area contributed by atoms with Gasteiger partial charge in [0.1, 0.15) is 0 Å². The Kier molecular flexibility index (Phi) is 3.71. The van der Waals surface area contributed by atoms with Crippen LogP contribution >= 0.6 is 0 Å². The molecular formula is C13H17NO3S. The Bertz CT molecular complexity index is 534. The van der Waals surface area contributed by atoms with Crippen molar-refractivity contribution in [2.24, 2.45) is 11.7 Å². The maximum Gasteiger partial charge on any atom is 0.248 e. The lowest BCUT2D eigenvalue weighted by molar-refractivity contribution is 0.100. The minimum atomic E-state index is -2.85. The van der Waals surface area contributed by atoms with Crippen LogP contribution in [0.4, 0.5) is 0 Å². The van der Waals surface area contributed by atoms with Gasteiger partial charge in [0, 0.05) is 5.56 Å². The summed E-state index contributed by atoms with van der Waals surface area (Å²) >= 11 is 0. The molecule has 1 amide bonds. The minimum absolute atomic E-state index is 0.197. The fourth-order valence-corrected chi connectivity index (χ4v) is 4.19. The topological polar surface area (TPSA) is 77.2 Å². The second-order valence-electron chi connectivity index (χ2n) is 4.89. The smallest absolute Gasteiger partial charge is 0.248 e. The Morgan fingerprint density at radius 3 is 2.50 bits per heavy atom. The van der Waals surface area contributed by atoms with Crippen molar-refractivity contribution in [1.29, 1.82) is 0 Å². The van der Waals surface area contributed by atoms with E-state index in [-0.39, 0.29) is 11.7 Å². The summed E-state index contributed by atoms with van der Waals surface area (Å²) in [7, 11) is -2.85. The quantitative estimate of drug-likeness (QED) is 0.892. The molecule has 1 saturated heterocycles. The molecule has 1 atom stereocenters. The average Bonchev–Trinajstić information content (AvgIpc) is 2.28. The van der Waals surface area contributed by atoms with Crippen LogP contribution in [0.1, 0.15) is 28.8 Å². The summed E-state index contributed by atoms with van der Waals surface area (Å²) in [5, 5.41) is 0. The van der Waals surface area contributed by atoms with E-state index in [9.17, 15) is 13.2 Å². The molecule has 0 spiro atoms. The van der Waals surface area contributed by atoms with Crippen molar-refractivity contribution in [3.63, 3.8) is 0 Å². The molecule has 2 N–H and O–H groups in total. The van der Waals surface area contributed by atoms with Crippen LogP contribution in [0, 0.1) is 5.92 Å². The van der Waals surface area contributed by atoms with Gasteiger partial charge >= 0.3 is 0 Å². The van der Waals surface area contributed by atoms with Crippen LogP contribution in [0.5, 0.6) is 0 Å². The molecular weight excluding hydrogens is 250 g/mol. The van der Waals surface area contributed by atoms with Gasteiger partial charge in [-0.1, -0.05) is 12.1 Å². The number of carbonyl (C=O) groups is 1. The van der Waals surface area contributed by atoms with E-state index in [1.165, 1.54) is 0 Å². The lowest BCUT2D eigenvalue weighted by Gasteiger charge is -2.21. The third-order valence-corrected chi connectivity index (χ3v) is 5.21. The zero-order valence-corrected chi connectivity index (χ0v) is 10.9. The van der Waals surface area contributed by atoms with Crippen LogP contribution in [0.25, 0.3) is 0 Å². The van der Waals surface area contributed by atoms with Crippen LogP contribution in [0.2, 0.25) is 0 Å². The third-order valence-electron chi connectivity index (χ3n) is 3.32. The zero-order valence-electron chi connectivity index (χ0n) is 10.1. The van der Waals surface area contributed by atoms with E-state index >= 15 is 0 Å². The summed E-state index contributed by atoms with van der Waals surface area (Å²) in [6.07, 6.45) is 2.46. The van der Waals surface area contributed by atoms with Crippen LogP contribution in [-0.2, 0) is 16.3 Å². The number of benzene rings is 1. The first-order valence-corrected chi connectivity index (χ1v) is 7.87. The summed E-state index contributed by atoms with van der Waals surface area (Å²) < 4.78 is 23.1. The van der Waals surface area contributed by atoms with Crippen LogP contribution < -0.4 is 5.73 Å². The van der Waals surface area contributed by atoms with Crippen molar-refractivity contribution in [2.75, 3.05) is 11.5 Å². The summed E-state index contributed by atoms with van der Waals surface area (Å²) in [5.41, 5.74) is 6.70. The summed E-state index contributed by atoms with van der Waals surface area (Å²) in [6, 6.07) is 7.08. The van der Waals surface area contributed by atoms with E-state index in [1.54, 1.807) is 12.1 Å². The number of carbonyl (C=O) groups excluding carboxylic acids is 1. The standard InChI is InChI=1S/C13H17NO3S/c14-13(15)12-5-3-10(4-6-12)8-11-2-1-7-18(16,17)9-11/h3-6,11H,1-2,7-9H2,(H2,14,15). The Morgan fingerprint density at radius 2 is 1.94 bits per heavy atom. The van der Waals surface area contributed by atoms with Gasteiger partial charge in [-0.15, -0.1) is 0 Å². The molecule has 0 radical (unpaired) electrons. The average molecular weight is 267 g/mol. The molecule has 1 heterocycles. The molecule has 98 valence electrons. The molecule has 18 heavy (non-hydrogen) atoms. The van der Waals surface area contributed by atoms with Gasteiger partial charge in [0.2, 0.25) is 5.91 Å². The largest absolute Gasteiger partial charge is 0.366 e. The molecule has 1 unspecified atom stereocenters. The van der Waals surface area contributed by atoms with Crippen LogP contribution in [0.3, 0.4) is 0 Å². The number of nitrogens with two attached hydrogens (primary N) is 1. The Hall–Kier alpha value is -1.36. The van der Waals surface area contributed by atoms with Gasteiger partial charge in [-0.05, 0) is 42.9 Å². The van der Waals surface area contributed by atoms with Crippen molar-refractivity contribution in [2.45, 2.75) is 19.3 Å². The molecule has 0 aromatic heterocycles. The molecule has 1 aliphatic rings. The lowest BCUT2D eigenvalue weighted by atomic mass is 9.96. The number of primary amides is 1. The second-order valence-corrected chi connectivity index (χ2v) is 7.12. The molecule has 0 saturated carbocycles. The maximum atomic E-state index is 11.5. The monoisotopic (exact) mass is 267 g/mol. The number of hydrogen-bond acceptors (Lipinski definition) is 3. The highest BCUT2D eigenvalue weighted by atomic mass is 32.2. The van der Waals surface area contributed by atoms with E-state index in [1.807, 2.05) is 12.1 Å². The number of hydrogen-bond donors (Lipinski definition) is 1. The zero-order chi connectivity index (χ0) is 13.2. The number of amides is 1. The highest BCUT2D eigenvalue weighted by Gasteiger charge is 2.24. The molecule has 1 aromatic carbocycles. The summed E-state index contributed by atoms with van der Waals surface area (Å²) in [5.74, 6) is 0.360. The predicted octanol–water partition coefficient (Wildman–Crippen LogP) is 1.15. The van der Waals surface area contributed by atoms with Crippen LogP contribution in [-0.4, -0.2) is 25.8 Å². The Balaban J connectivity index is 2.03. The van der Waals surface area contributed by atoms with Crippen molar-refractivity contribution >= 4 is 15.7 Å². The van der Waals surface area contributed by atoms with Gasteiger partial charge in [0.25, 0.3) is 0 Å². The normalized spacial score (nSPS) is 22.6. The first kappa shape index (κ1) is 13.1. The minimum Gasteiger partial charge on any atom is -0.366 e. The fourth-order valence-electron chi connectivity index (χ4n) is 2.42. The van der Waals surface area contributed by atoms with Crippen molar-refractivity contribution < 1.29 is 13.2 Å². The highest BCUT2D eigenvalue weighted by molar-refractivity contribution is 7.91. The van der Waals surface area contributed by atoms with Crippen molar-refractivity contribution in [3.8, 4) is 0 Å². The van der Waals surface area contributed by atoms with Gasteiger partial charge in [-0.3, -0.25) is 4.79 Å². The third kappa shape index (κ3) is 3.32. The highest BCUT2D eigenvalue weighted by Crippen LogP contribution is 2.22. The Labute approximate surface area is 107 Å². The van der Waals surface area contributed by atoms with E-state index in [4.69, 9.17) is 5.73 Å². The first-order chi connectivity index (χ1) is 8.46. The van der Waals surface area contributed by atoms with Gasteiger partial charge in [0.15, 0.2) is 9.84 Å². The summed E-state index contributed by atoms with van der Waals surface area (Å²) in [4.78, 5) is 10.9. The van der Waals surface area contributed by atoms with E-state index < -0.39 is 15.7 Å². The number of sulfone groups is 1. The van der Waals surface area contributed by atoms with Crippen molar-refractivity contribution in [1.82, 2.24) is 0 Å². The van der Waals surface area contributed by atoms with Gasteiger partial charge in [-0.25, -0.2) is 8.42 Å². The maximum absolute atomic E-state index is 11.5. The lowest BCUT2D eigenvalue weighted by Crippen LogP contribution is -2.26. The molecule has 4 nitrogen and oxygen atoms in total. The van der Waals surface area contributed by atoms with Gasteiger partial charge in [-0.2, -0.15) is 0 Å². The Morgan fingerprint density at radius 1 is 1.28 bits per heavy atom. The molecule has 2 rings (SSSR count). The molecule has 5 heteroatoms. The predicted molar refractivity (Wildman–Crippen MR) is 70.0 cm³/mol. The van der Waals surface area contributed by atoms with E-state index in [0.717, 1.165) is 24.8 Å².